The number of hydrogen-bond acceptors (Lipinski definition) is 1. The van der Waals surface area contributed by atoms with Crippen LogP contribution in [0.25, 0.3) is 0 Å². The molecule has 0 aromatic heterocycles. The van der Waals surface area contributed by atoms with Crippen LogP contribution in [0.15, 0.2) is 28.7 Å². The molecule has 2 heteroatoms. The zero-order chi connectivity index (χ0) is 12.7. The van der Waals surface area contributed by atoms with E-state index in [9.17, 15) is 0 Å². The first-order valence-electron chi connectivity index (χ1n) is 6.71. The molecule has 0 amide bonds. The lowest BCUT2D eigenvalue weighted by Gasteiger charge is -2.27. The zero-order valence-electron chi connectivity index (χ0n) is 11.2. The highest BCUT2D eigenvalue weighted by molar-refractivity contribution is 9.10. The minimum absolute atomic E-state index is 0.498. The van der Waals surface area contributed by atoms with Crippen molar-refractivity contribution < 1.29 is 0 Å². The van der Waals surface area contributed by atoms with Crippen LogP contribution in [0.1, 0.15) is 51.6 Å². The van der Waals surface area contributed by atoms with Crippen LogP contribution in [0.3, 0.4) is 0 Å². The van der Waals surface area contributed by atoms with Gasteiger partial charge in [0.2, 0.25) is 0 Å². The predicted molar refractivity (Wildman–Crippen MR) is 79.2 cm³/mol. The molecular weight excluding hydrogens is 274 g/mol. The van der Waals surface area contributed by atoms with E-state index in [2.05, 4.69) is 66.3 Å². The highest BCUT2D eigenvalue weighted by atomic mass is 79.9. The van der Waals surface area contributed by atoms with Gasteiger partial charge in [0.05, 0.1) is 0 Å². The van der Waals surface area contributed by atoms with E-state index in [0.29, 0.717) is 6.04 Å². The molecule has 96 valence electrons. The van der Waals surface area contributed by atoms with Gasteiger partial charge in [0, 0.05) is 10.5 Å². The van der Waals surface area contributed by atoms with E-state index in [1.165, 1.54) is 24.8 Å². The van der Waals surface area contributed by atoms with Crippen LogP contribution >= 0.6 is 15.9 Å². The Morgan fingerprint density at radius 1 is 1.06 bits per heavy atom. The highest BCUT2D eigenvalue weighted by Crippen LogP contribution is 2.28. The summed E-state index contributed by atoms with van der Waals surface area (Å²) in [6, 6.07) is 9.24. The number of halogens is 1. The first kappa shape index (κ1) is 14.7. The van der Waals surface area contributed by atoms with Gasteiger partial charge < -0.3 is 5.32 Å². The summed E-state index contributed by atoms with van der Waals surface area (Å²) in [4.78, 5) is 0. The van der Waals surface area contributed by atoms with Crippen LogP contribution in [-0.4, -0.2) is 6.54 Å². The van der Waals surface area contributed by atoms with Crippen LogP contribution in [0, 0.1) is 5.92 Å². The van der Waals surface area contributed by atoms with Gasteiger partial charge in [-0.3, -0.25) is 0 Å². The second-order valence-corrected chi connectivity index (χ2v) is 5.48. The van der Waals surface area contributed by atoms with Gasteiger partial charge in [-0.05, 0) is 36.6 Å². The minimum atomic E-state index is 0.498. The molecule has 0 aliphatic heterocycles. The van der Waals surface area contributed by atoms with E-state index in [-0.39, 0.29) is 0 Å². The van der Waals surface area contributed by atoms with Crippen molar-refractivity contribution in [1.82, 2.24) is 5.32 Å². The standard InChI is InChI=1S/C15H24BrN/c1-4-11-17-15(12(5-2)6-3)13-7-9-14(16)10-8-13/h7-10,12,15,17H,4-6,11H2,1-3H3. The van der Waals surface area contributed by atoms with Gasteiger partial charge in [0.25, 0.3) is 0 Å². The van der Waals surface area contributed by atoms with Crippen LogP contribution < -0.4 is 5.32 Å². The molecule has 0 heterocycles. The Labute approximate surface area is 114 Å². The highest BCUT2D eigenvalue weighted by Gasteiger charge is 2.19. The molecule has 1 aromatic carbocycles. The molecular formula is C15H24BrN. The van der Waals surface area contributed by atoms with E-state index in [0.717, 1.165) is 16.9 Å². The van der Waals surface area contributed by atoms with Gasteiger partial charge in [-0.2, -0.15) is 0 Å². The van der Waals surface area contributed by atoms with E-state index >= 15 is 0 Å². The van der Waals surface area contributed by atoms with Crippen LogP contribution in [0.2, 0.25) is 0 Å². The molecule has 1 unspecified atom stereocenters. The van der Waals surface area contributed by atoms with Gasteiger partial charge in [0.15, 0.2) is 0 Å². The van der Waals surface area contributed by atoms with Crippen LogP contribution in [0.5, 0.6) is 0 Å². The Balaban J connectivity index is 2.84. The fraction of sp³-hybridized carbons (Fsp3) is 0.600. The van der Waals surface area contributed by atoms with Gasteiger partial charge in [0.1, 0.15) is 0 Å². The van der Waals surface area contributed by atoms with Crippen molar-refractivity contribution in [1.29, 1.82) is 0 Å². The predicted octanol–water partition coefficient (Wildman–Crippen LogP) is 4.93. The molecule has 0 radical (unpaired) electrons. The molecule has 1 N–H and O–H groups in total. The van der Waals surface area contributed by atoms with Crippen molar-refractivity contribution in [3.63, 3.8) is 0 Å². The molecule has 0 aliphatic carbocycles. The van der Waals surface area contributed by atoms with Gasteiger partial charge in [-0.15, -0.1) is 0 Å². The number of hydrogen-bond donors (Lipinski definition) is 1. The summed E-state index contributed by atoms with van der Waals surface area (Å²) < 4.78 is 1.15. The second-order valence-electron chi connectivity index (χ2n) is 4.56. The minimum Gasteiger partial charge on any atom is -0.310 e. The lowest BCUT2D eigenvalue weighted by Crippen LogP contribution is -2.28. The van der Waals surface area contributed by atoms with Crippen molar-refractivity contribution in [2.75, 3.05) is 6.54 Å². The Hall–Kier alpha value is -0.340. The number of rotatable bonds is 7. The quantitative estimate of drug-likeness (QED) is 0.753. The summed E-state index contributed by atoms with van der Waals surface area (Å²) >= 11 is 3.50. The first-order valence-corrected chi connectivity index (χ1v) is 7.51. The van der Waals surface area contributed by atoms with E-state index in [1.54, 1.807) is 0 Å². The average molecular weight is 298 g/mol. The van der Waals surface area contributed by atoms with Crippen LogP contribution in [0.4, 0.5) is 0 Å². The summed E-state index contributed by atoms with van der Waals surface area (Å²) in [6.07, 6.45) is 3.65. The summed E-state index contributed by atoms with van der Waals surface area (Å²) in [5, 5.41) is 3.69. The Morgan fingerprint density at radius 3 is 2.12 bits per heavy atom. The maximum Gasteiger partial charge on any atom is 0.0348 e. The first-order chi connectivity index (χ1) is 8.22. The van der Waals surface area contributed by atoms with E-state index < -0.39 is 0 Å². The average Bonchev–Trinajstić information content (AvgIpc) is 2.36. The summed E-state index contributed by atoms with van der Waals surface area (Å²) in [5.74, 6) is 0.725. The smallest absolute Gasteiger partial charge is 0.0348 e. The van der Waals surface area contributed by atoms with Gasteiger partial charge in [-0.1, -0.05) is 61.7 Å². The Morgan fingerprint density at radius 2 is 1.65 bits per heavy atom. The van der Waals surface area contributed by atoms with Gasteiger partial charge >= 0.3 is 0 Å². The van der Waals surface area contributed by atoms with Crippen molar-refractivity contribution in [2.24, 2.45) is 5.92 Å². The van der Waals surface area contributed by atoms with Crippen LogP contribution in [-0.2, 0) is 0 Å². The number of nitrogens with one attached hydrogen (secondary N) is 1. The zero-order valence-corrected chi connectivity index (χ0v) is 12.8. The third-order valence-electron chi connectivity index (χ3n) is 3.36. The van der Waals surface area contributed by atoms with Crippen molar-refractivity contribution in [2.45, 2.75) is 46.1 Å². The molecule has 0 aliphatic rings. The molecule has 1 nitrogen and oxygen atoms in total. The van der Waals surface area contributed by atoms with E-state index in [4.69, 9.17) is 0 Å². The fourth-order valence-electron chi connectivity index (χ4n) is 2.29. The third kappa shape index (κ3) is 4.44. The molecule has 0 bridgehead atoms. The lowest BCUT2D eigenvalue weighted by molar-refractivity contribution is 0.341. The van der Waals surface area contributed by atoms with E-state index in [1.807, 2.05) is 0 Å². The summed E-state index contributed by atoms with van der Waals surface area (Å²) in [6.45, 7) is 7.89. The fourth-order valence-corrected chi connectivity index (χ4v) is 2.55. The molecule has 0 saturated heterocycles. The summed E-state index contributed by atoms with van der Waals surface area (Å²) in [5.41, 5.74) is 1.41. The normalized spacial score (nSPS) is 13.0. The SMILES string of the molecule is CCCNC(c1ccc(Br)cc1)C(CC)CC. The molecule has 0 fully saturated rings. The molecule has 0 spiro atoms. The lowest BCUT2D eigenvalue weighted by atomic mass is 9.89. The molecule has 1 atom stereocenters. The molecule has 0 saturated carbocycles. The monoisotopic (exact) mass is 297 g/mol. The van der Waals surface area contributed by atoms with Crippen molar-refractivity contribution in [3.8, 4) is 0 Å². The topological polar surface area (TPSA) is 12.0 Å². The molecule has 1 rings (SSSR count). The maximum absolute atomic E-state index is 3.69. The molecule has 17 heavy (non-hydrogen) atoms. The Bertz CT molecular complexity index is 303. The third-order valence-corrected chi connectivity index (χ3v) is 3.89. The number of benzene rings is 1. The van der Waals surface area contributed by atoms with Gasteiger partial charge in [-0.25, -0.2) is 0 Å². The molecule has 1 aromatic rings. The Kier molecular flexibility index (Phi) is 6.83. The van der Waals surface area contributed by atoms with Crippen molar-refractivity contribution >= 4 is 15.9 Å². The van der Waals surface area contributed by atoms with Crippen molar-refractivity contribution in [3.05, 3.63) is 34.3 Å². The summed E-state index contributed by atoms with van der Waals surface area (Å²) in [7, 11) is 0. The maximum atomic E-state index is 3.69. The second kappa shape index (κ2) is 7.88. The largest absolute Gasteiger partial charge is 0.310 e.